The Bertz CT molecular complexity index is 1230. The molecule has 0 unspecified atom stereocenters. The molecule has 0 amide bonds. The van der Waals surface area contributed by atoms with Gasteiger partial charge in [-0.2, -0.15) is 0 Å². The summed E-state index contributed by atoms with van der Waals surface area (Å²) in [6.45, 7) is 2.30. The molecule has 0 radical (unpaired) electrons. The molecule has 0 atom stereocenters. The maximum absolute atomic E-state index is 15.0. The molecule has 30 heavy (non-hydrogen) atoms. The minimum atomic E-state index is -0.403. The van der Waals surface area contributed by atoms with Crippen LogP contribution in [0.1, 0.15) is 18.5 Å². The van der Waals surface area contributed by atoms with Gasteiger partial charge in [-0.15, -0.1) is 0 Å². The number of rotatable bonds is 7. The molecule has 0 bridgehead atoms. The molecule has 2 N–H and O–H groups in total. The number of halogens is 1. The van der Waals surface area contributed by atoms with Gasteiger partial charge in [0, 0.05) is 40.3 Å². The van der Waals surface area contributed by atoms with E-state index < -0.39 is 5.82 Å². The Balaban J connectivity index is 1.49. The monoisotopic (exact) mass is 407 g/mol. The highest BCUT2D eigenvalue weighted by Crippen LogP contribution is 2.38. The Kier molecular flexibility index (Phi) is 4.67. The second-order valence-electron chi connectivity index (χ2n) is 7.49. The lowest BCUT2D eigenvalue weighted by Crippen LogP contribution is -2.22. The zero-order valence-corrected chi connectivity index (χ0v) is 16.8. The van der Waals surface area contributed by atoms with Crippen LogP contribution in [0.3, 0.4) is 0 Å². The zero-order valence-electron chi connectivity index (χ0n) is 16.8. The summed E-state index contributed by atoms with van der Waals surface area (Å²) >= 11 is 0. The second-order valence-corrected chi connectivity index (χ2v) is 7.49. The molecular formula is C23H22FN3O3. The molecule has 0 aliphatic heterocycles. The lowest BCUT2D eigenvalue weighted by molar-refractivity contribution is 0.266. The van der Waals surface area contributed by atoms with Gasteiger partial charge in [0.05, 0.1) is 12.6 Å². The maximum Gasteiger partial charge on any atom is 0.175 e. The minimum Gasteiger partial charge on any atom is -0.493 e. The van der Waals surface area contributed by atoms with Gasteiger partial charge in [0.15, 0.2) is 23.1 Å². The molecular weight excluding hydrogens is 385 g/mol. The van der Waals surface area contributed by atoms with E-state index in [-0.39, 0.29) is 5.75 Å². The smallest absolute Gasteiger partial charge is 0.175 e. The molecule has 1 saturated carbocycles. The largest absolute Gasteiger partial charge is 0.493 e. The van der Waals surface area contributed by atoms with Gasteiger partial charge in [-0.3, -0.25) is 10.3 Å². The van der Waals surface area contributed by atoms with Gasteiger partial charge >= 0.3 is 0 Å². The van der Waals surface area contributed by atoms with Crippen molar-refractivity contribution in [1.29, 1.82) is 0 Å². The number of aryl methyl sites for hydroxylation is 1. The van der Waals surface area contributed by atoms with E-state index in [9.17, 15) is 4.39 Å². The van der Waals surface area contributed by atoms with Crippen molar-refractivity contribution >= 4 is 21.8 Å². The summed E-state index contributed by atoms with van der Waals surface area (Å²) < 4.78 is 32.3. The fraction of sp³-hybridized carbons (Fsp3) is 0.261. The Hall–Kier alpha value is -3.32. The van der Waals surface area contributed by atoms with Crippen LogP contribution >= 0.6 is 0 Å². The van der Waals surface area contributed by atoms with Crippen LogP contribution in [0.2, 0.25) is 0 Å². The summed E-state index contributed by atoms with van der Waals surface area (Å²) in [6, 6.07) is 11.1. The molecule has 5 rings (SSSR count). The van der Waals surface area contributed by atoms with Crippen molar-refractivity contribution in [3.63, 3.8) is 0 Å². The third kappa shape index (κ3) is 3.52. The molecule has 4 aromatic rings. The lowest BCUT2D eigenvalue weighted by atomic mass is 10.1. The number of aromatic nitrogens is 2. The van der Waals surface area contributed by atoms with Gasteiger partial charge in [0.2, 0.25) is 0 Å². The number of aromatic amines is 1. The first-order valence-electron chi connectivity index (χ1n) is 9.91. The van der Waals surface area contributed by atoms with E-state index in [1.807, 2.05) is 19.1 Å². The van der Waals surface area contributed by atoms with E-state index in [2.05, 4.69) is 15.3 Å². The van der Waals surface area contributed by atoms with Crippen molar-refractivity contribution in [2.75, 3.05) is 13.8 Å². The van der Waals surface area contributed by atoms with Crippen molar-refractivity contribution < 1.29 is 18.6 Å². The van der Waals surface area contributed by atoms with Crippen molar-refractivity contribution in [1.82, 2.24) is 15.3 Å². The average molecular weight is 407 g/mol. The first kappa shape index (κ1) is 18.7. The van der Waals surface area contributed by atoms with E-state index in [0.717, 1.165) is 11.2 Å². The fourth-order valence-electron chi connectivity index (χ4n) is 3.50. The quantitative estimate of drug-likeness (QED) is 0.420. The summed E-state index contributed by atoms with van der Waals surface area (Å²) in [7, 11) is 1.58. The van der Waals surface area contributed by atoms with Crippen LogP contribution in [0.15, 0.2) is 42.6 Å². The number of methoxy groups -OCH3 is 1. The van der Waals surface area contributed by atoms with Crippen LogP contribution in [0.25, 0.3) is 21.8 Å². The number of fused-ring (bicyclic) bond motifs is 2. The van der Waals surface area contributed by atoms with Gasteiger partial charge in [-0.25, -0.2) is 4.39 Å². The van der Waals surface area contributed by atoms with Gasteiger partial charge in [0.25, 0.3) is 0 Å². The summed E-state index contributed by atoms with van der Waals surface area (Å²) in [4.78, 5) is 7.54. The number of benzene rings is 2. The van der Waals surface area contributed by atoms with Crippen molar-refractivity contribution in [2.45, 2.75) is 25.8 Å². The summed E-state index contributed by atoms with van der Waals surface area (Å²) in [6.07, 6.45) is 4.00. The molecule has 1 aliphatic rings. The third-order valence-electron chi connectivity index (χ3n) is 5.22. The van der Waals surface area contributed by atoms with Crippen LogP contribution in [-0.2, 0) is 0 Å². The predicted octanol–water partition coefficient (Wildman–Crippen LogP) is 5.05. The molecule has 0 spiro atoms. The first-order valence-corrected chi connectivity index (χ1v) is 9.91. The molecule has 0 saturated heterocycles. The van der Waals surface area contributed by atoms with E-state index in [1.54, 1.807) is 37.6 Å². The molecule has 154 valence electrons. The van der Waals surface area contributed by atoms with E-state index >= 15 is 0 Å². The summed E-state index contributed by atoms with van der Waals surface area (Å²) in [5.74, 6) is 1.40. The molecule has 6 nitrogen and oxygen atoms in total. The Morgan fingerprint density at radius 2 is 1.93 bits per heavy atom. The van der Waals surface area contributed by atoms with Crippen LogP contribution in [0, 0.1) is 12.7 Å². The van der Waals surface area contributed by atoms with Crippen molar-refractivity contribution in [3.8, 4) is 23.0 Å². The second kappa shape index (κ2) is 7.50. The van der Waals surface area contributed by atoms with Crippen LogP contribution < -0.4 is 19.5 Å². The van der Waals surface area contributed by atoms with E-state index in [1.165, 1.54) is 12.8 Å². The highest BCUT2D eigenvalue weighted by atomic mass is 19.1. The number of pyridine rings is 1. The number of hydrogen-bond acceptors (Lipinski definition) is 5. The van der Waals surface area contributed by atoms with Gasteiger partial charge < -0.3 is 19.2 Å². The average Bonchev–Trinajstić information content (AvgIpc) is 3.49. The number of H-pyrrole nitrogens is 1. The summed E-state index contributed by atoms with van der Waals surface area (Å²) in [5.41, 5.74) is 2.30. The lowest BCUT2D eigenvalue weighted by Gasteiger charge is -2.14. The number of nitrogens with zero attached hydrogens (tertiary/aromatic N) is 1. The molecule has 2 aromatic heterocycles. The first-order chi connectivity index (χ1) is 14.6. The topological polar surface area (TPSA) is 68.4 Å². The molecule has 1 aliphatic carbocycles. The van der Waals surface area contributed by atoms with Crippen LogP contribution in [0.5, 0.6) is 23.0 Å². The summed E-state index contributed by atoms with van der Waals surface area (Å²) in [5, 5.41) is 4.51. The van der Waals surface area contributed by atoms with Crippen LogP contribution in [-0.4, -0.2) is 29.9 Å². The van der Waals surface area contributed by atoms with Crippen molar-refractivity contribution in [2.24, 2.45) is 0 Å². The fourth-order valence-corrected chi connectivity index (χ4v) is 3.50. The Morgan fingerprint density at radius 1 is 1.07 bits per heavy atom. The molecule has 1 fully saturated rings. The highest BCUT2D eigenvalue weighted by molar-refractivity contribution is 5.89. The van der Waals surface area contributed by atoms with E-state index in [4.69, 9.17) is 14.2 Å². The number of ether oxygens (including phenoxy) is 3. The zero-order chi connectivity index (χ0) is 20.7. The van der Waals surface area contributed by atoms with Crippen molar-refractivity contribution in [3.05, 3.63) is 54.1 Å². The SMILES string of the molecule is COc1cc2c(Oc3ccc4[nH]c(C)cc4c3F)ccnc2cc1OCNC1CC1. The standard InChI is InChI=1S/C23H22FN3O3/c1-13-9-16-17(27-13)5-6-20(23(16)24)30-19-7-8-25-18-11-22(21(28-2)10-15(18)19)29-12-26-14-3-4-14/h5-11,14,26-27H,3-4,12H2,1-2H3. The van der Waals surface area contributed by atoms with Gasteiger partial charge in [0.1, 0.15) is 12.5 Å². The molecule has 7 heteroatoms. The highest BCUT2D eigenvalue weighted by Gasteiger charge is 2.21. The van der Waals surface area contributed by atoms with E-state index in [0.29, 0.717) is 46.3 Å². The Morgan fingerprint density at radius 3 is 2.73 bits per heavy atom. The van der Waals surface area contributed by atoms with Gasteiger partial charge in [-0.05, 0) is 50.1 Å². The number of nitrogens with one attached hydrogen (secondary N) is 2. The number of hydrogen-bond donors (Lipinski definition) is 2. The maximum atomic E-state index is 15.0. The molecule has 2 aromatic carbocycles. The molecule has 2 heterocycles. The third-order valence-corrected chi connectivity index (χ3v) is 5.22. The van der Waals surface area contributed by atoms with Gasteiger partial charge in [-0.1, -0.05) is 0 Å². The predicted molar refractivity (Wildman–Crippen MR) is 113 cm³/mol. The minimum absolute atomic E-state index is 0.155. The Labute approximate surface area is 173 Å². The normalized spacial score (nSPS) is 13.7. The van der Waals surface area contributed by atoms with Crippen LogP contribution in [0.4, 0.5) is 4.39 Å².